The maximum absolute atomic E-state index is 12.0. The number of nitrogens with one attached hydrogen (secondary N) is 2. The molecule has 0 bridgehead atoms. The lowest BCUT2D eigenvalue weighted by molar-refractivity contribution is -0.130. The van der Waals surface area contributed by atoms with Gasteiger partial charge in [0.05, 0.1) is 6.54 Å². The highest BCUT2D eigenvalue weighted by Gasteiger charge is 2.06. The van der Waals surface area contributed by atoms with Gasteiger partial charge in [-0.2, -0.15) is 0 Å². The third-order valence-corrected chi connectivity index (χ3v) is 4.13. The summed E-state index contributed by atoms with van der Waals surface area (Å²) in [5, 5.41) is 5.98. The third kappa shape index (κ3) is 7.01. The van der Waals surface area contributed by atoms with Crippen LogP contribution in [-0.4, -0.2) is 50.5 Å². The summed E-state index contributed by atoms with van der Waals surface area (Å²) < 4.78 is 5.47. The number of likely N-dealkylation sites (N-methyl/N-ethyl adjacent to an activating group) is 1. The van der Waals surface area contributed by atoms with Crippen LogP contribution in [0.2, 0.25) is 0 Å². The van der Waals surface area contributed by atoms with Crippen molar-refractivity contribution in [3.05, 3.63) is 59.7 Å². The molecular weight excluding hydrogens is 342 g/mol. The molecule has 0 unspecified atom stereocenters. The molecule has 2 N–H and O–H groups in total. The number of carbonyl (C=O) groups excluding carboxylic acids is 2. The van der Waals surface area contributed by atoms with E-state index in [-0.39, 0.29) is 25.0 Å². The highest BCUT2D eigenvalue weighted by atomic mass is 16.5. The van der Waals surface area contributed by atoms with Crippen molar-refractivity contribution >= 4 is 17.5 Å². The summed E-state index contributed by atoms with van der Waals surface area (Å²) in [7, 11) is 3.36. The van der Waals surface area contributed by atoms with Gasteiger partial charge in [0.2, 0.25) is 5.91 Å². The van der Waals surface area contributed by atoms with E-state index < -0.39 is 0 Å². The topological polar surface area (TPSA) is 70.7 Å². The Labute approximate surface area is 160 Å². The fourth-order valence-electron chi connectivity index (χ4n) is 2.44. The summed E-state index contributed by atoms with van der Waals surface area (Å²) in [6.45, 7) is 2.82. The number of benzene rings is 2. The van der Waals surface area contributed by atoms with Gasteiger partial charge in [0, 0.05) is 32.4 Å². The molecule has 0 radical (unpaired) electrons. The van der Waals surface area contributed by atoms with Gasteiger partial charge in [-0.25, -0.2) is 0 Å². The Morgan fingerprint density at radius 1 is 1.07 bits per heavy atom. The highest BCUT2D eigenvalue weighted by molar-refractivity contribution is 5.80. The fourth-order valence-corrected chi connectivity index (χ4v) is 2.44. The highest BCUT2D eigenvalue weighted by Crippen LogP contribution is 2.17. The SMILES string of the molecule is Cc1ccccc1CCNC(=O)CNc1cccc(OCC(=O)N(C)C)c1. The Bertz CT molecular complexity index is 775. The monoisotopic (exact) mass is 369 g/mol. The minimum atomic E-state index is -0.110. The molecule has 2 amide bonds. The standard InChI is InChI=1S/C21H27N3O3/c1-16-7-4-5-8-17(16)11-12-22-20(25)14-23-18-9-6-10-19(13-18)27-15-21(26)24(2)3/h4-10,13,23H,11-12,14-15H2,1-3H3,(H,22,25). The zero-order chi connectivity index (χ0) is 19.6. The van der Waals surface area contributed by atoms with Crippen LogP contribution in [0.1, 0.15) is 11.1 Å². The first kappa shape index (κ1) is 20.3. The lowest BCUT2D eigenvalue weighted by atomic mass is 10.1. The van der Waals surface area contributed by atoms with Gasteiger partial charge in [0.1, 0.15) is 5.75 Å². The average Bonchev–Trinajstić information content (AvgIpc) is 2.66. The molecule has 0 heterocycles. The summed E-state index contributed by atoms with van der Waals surface area (Å²) in [5.74, 6) is 0.397. The molecule has 0 aliphatic heterocycles. The molecule has 6 heteroatoms. The molecule has 2 aromatic carbocycles. The predicted octanol–water partition coefficient (Wildman–Crippen LogP) is 2.23. The smallest absolute Gasteiger partial charge is 0.259 e. The maximum atomic E-state index is 12.0. The lowest BCUT2D eigenvalue weighted by Crippen LogP contribution is -2.31. The summed E-state index contributed by atoms with van der Waals surface area (Å²) in [5.41, 5.74) is 3.23. The number of anilines is 1. The molecule has 0 atom stereocenters. The maximum Gasteiger partial charge on any atom is 0.259 e. The summed E-state index contributed by atoms with van der Waals surface area (Å²) in [4.78, 5) is 25.1. The van der Waals surface area contributed by atoms with Crippen molar-refractivity contribution in [2.24, 2.45) is 0 Å². The van der Waals surface area contributed by atoms with E-state index in [2.05, 4.69) is 29.7 Å². The van der Waals surface area contributed by atoms with Crippen LogP contribution in [0.3, 0.4) is 0 Å². The van der Waals surface area contributed by atoms with Crippen LogP contribution in [0.5, 0.6) is 5.75 Å². The molecule has 0 spiro atoms. The second-order valence-corrected chi connectivity index (χ2v) is 6.48. The first-order valence-corrected chi connectivity index (χ1v) is 8.94. The second kappa shape index (κ2) is 10.2. The molecule has 0 aliphatic carbocycles. The molecule has 27 heavy (non-hydrogen) atoms. The number of nitrogens with zero attached hydrogens (tertiary/aromatic N) is 1. The van der Waals surface area contributed by atoms with Crippen molar-refractivity contribution in [2.75, 3.05) is 39.1 Å². The van der Waals surface area contributed by atoms with Gasteiger partial charge in [-0.3, -0.25) is 9.59 Å². The summed E-state index contributed by atoms with van der Waals surface area (Å²) in [6, 6.07) is 15.4. The largest absolute Gasteiger partial charge is 0.484 e. The van der Waals surface area contributed by atoms with Gasteiger partial charge in [-0.15, -0.1) is 0 Å². The number of amides is 2. The molecule has 2 aromatic rings. The molecule has 6 nitrogen and oxygen atoms in total. The van der Waals surface area contributed by atoms with Crippen molar-refractivity contribution in [2.45, 2.75) is 13.3 Å². The van der Waals surface area contributed by atoms with E-state index in [1.165, 1.54) is 16.0 Å². The van der Waals surface area contributed by atoms with Crippen LogP contribution < -0.4 is 15.4 Å². The van der Waals surface area contributed by atoms with Crippen molar-refractivity contribution in [1.29, 1.82) is 0 Å². The van der Waals surface area contributed by atoms with Gasteiger partial charge in [0.15, 0.2) is 6.61 Å². The van der Waals surface area contributed by atoms with Crippen molar-refractivity contribution in [1.82, 2.24) is 10.2 Å². The zero-order valence-electron chi connectivity index (χ0n) is 16.1. The number of aryl methyl sites for hydroxylation is 1. The fraction of sp³-hybridized carbons (Fsp3) is 0.333. The minimum absolute atomic E-state index is 0.0180. The predicted molar refractivity (Wildman–Crippen MR) is 107 cm³/mol. The van der Waals surface area contributed by atoms with Crippen molar-refractivity contribution in [3.8, 4) is 5.75 Å². The van der Waals surface area contributed by atoms with Crippen LogP contribution >= 0.6 is 0 Å². The number of ether oxygens (including phenoxy) is 1. The quantitative estimate of drug-likeness (QED) is 0.711. The minimum Gasteiger partial charge on any atom is -0.484 e. The third-order valence-electron chi connectivity index (χ3n) is 4.13. The first-order chi connectivity index (χ1) is 13.0. The molecule has 144 valence electrons. The second-order valence-electron chi connectivity index (χ2n) is 6.48. The van der Waals surface area contributed by atoms with Crippen LogP contribution in [0.25, 0.3) is 0 Å². The van der Waals surface area contributed by atoms with Crippen LogP contribution in [0.4, 0.5) is 5.69 Å². The van der Waals surface area contributed by atoms with Gasteiger partial charge < -0.3 is 20.3 Å². The van der Waals surface area contributed by atoms with E-state index in [1.54, 1.807) is 26.2 Å². The Morgan fingerprint density at radius 3 is 2.59 bits per heavy atom. The van der Waals surface area contributed by atoms with Gasteiger partial charge in [-0.1, -0.05) is 30.3 Å². The number of rotatable bonds is 9. The molecule has 0 saturated carbocycles. The molecular formula is C21H27N3O3. The van der Waals surface area contributed by atoms with E-state index in [1.807, 2.05) is 24.3 Å². The Kier molecular flexibility index (Phi) is 7.67. The number of carbonyl (C=O) groups is 2. The molecule has 2 rings (SSSR count). The van der Waals surface area contributed by atoms with Gasteiger partial charge >= 0.3 is 0 Å². The van der Waals surface area contributed by atoms with E-state index in [4.69, 9.17) is 4.74 Å². The summed E-state index contributed by atoms with van der Waals surface area (Å²) in [6.07, 6.45) is 0.807. The van der Waals surface area contributed by atoms with E-state index in [0.29, 0.717) is 12.3 Å². The van der Waals surface area contributed by atoms with Gasteiger partial charge in [-0.05, 0) is 36.6 Å². The number of hydrogen-bond acceptors (Lipinski definition) is 4. The van der Waals surface area contributed by atoms with E-state index >= 15 is 0 Å². The first-order valence-electron chi connectivity index (χ1n) is 8.94. The van der Waals surface area contributed by atoms with Crippen LogP contribution in [0, 0.1) is 6.92 Å². The molecule has 0 aliphatic rings. The Hall–Kier alpha value is -3.02. The Morgan fingerprint density at radius 2 is 1.85 bits per heavy atom. The zero-order valence-corrected chi connectivity index (χ0v) is 16.1. The van der Waals surface area contributed by atoms with Crippen molar-refractivity contribution in [3.63, 3.8) is 0 Å². The molecule has 0 fully saturated rings. The summed E-state index contributed by atoms with van der Waals surface area (Å²) >= 11 is 0. The Balaban J connectivity index is 1.74. The molecule has 0 saturated heterocycles. The van der Waals surface area contributed by atoms with Crippen molar-refractivity contribution < 1.29 is 14.3 Å². The lowest BCUT2D eigenvalue weighted by Gasteiger charge is -2.12. The van der Waals surface area contributed by atoms with E-state index in [0.717, 1.165) is 12.1 Å². The molecule has 0 aromatic heterocycles. The van der Waals surface area contributed by atoms with Crippen LogP contribution in [-0.2, 0) is 16.0 Å². The normalized spacial score (nSPS) is 10.2. The number of hydrogen-bond donors (Lipinski definition) is 2. The van der Waals surface area contributed by atoms with Gasteiger partial charge in [0.25, 0.3) is 5.91 Å². The van der Waals surface area contributed by atoms with Crippen LogP contribution in [0.15, 0.2) is 48.5 Å². The average molecular weight is 369 g/mol. The van der Waals surface area contributed by atoms with E-state index in [9.17, 15) is 9.59 Å².